The van der Waals surface area contributed by atoms with Gasteiger partial charge < -0.3 is 20.0 Å². The number of nitrogens with one attached hydrogen (secondary N) is 3. The number of halogens is 1. The van der Waals surface area contributed by atoms with Crippen molar-refractivity contribution in [3.8, 4) is 5.75 Å². The Morgan fingerprint density at radius 2 is 1.93 bits per heavy atom. The number of amides is 1. The van der Waals surface area contributed by atoms with E-state index in [0.29, 0.717) is 24.2 Å². The first-order valence-electron chi connectivity index (χ1n) is 10.2. The van der Waals surface area contributed by atoms with Crippen LogP contribution in [0.1, 0.15) is 41.2 Å². The summed E-state index contributed by atoms with van der Waals surface area (Å²) in [6.45, 7) is 8.32. The highest BCUT2D eigenvalue weighted by atomic mass is 19.1. The van der Waals surface area contributed by atoms with Crippen LogP contribution in [0.25, 0.3) is 21.8 Å². The van der Waals surface area contributed by atoms with Crippen molar-refractivity contribution in [1.82, 2.24) is 15.3 Å². The van der Waals surface area contributed by atoms with Crippen molar-refractivity contribution in [3.63, 3.8) is 0 Å². The Kier molecular flexibility index (Phi) is 5.24. The van der Waals surface area contributed by atoms with Gasteiger partial charge in [-0.05, 0) is 75.6 Å². The minimum Gasteiger partial charge on any atom is -0.491 e. The summed E-state index contributed by atoms with van der Waals surface area (Å²) in [5.74, 6) is 0.353. The molecule has 2 aromatic carbocycles. The molecule has 0 spiro atoms. The van der Waals surface area contributed by atoms with Crippen molar-refractivity contribution >= 4 is 27.7 Å². The van der Waals surface area contributed by atoms with Gasteiger partial charge in [0, 0.05) is 28.5 Å². The average molecular weight is 407 g/mol. The molecular formula is C24H26FN3O2. The van der Waals surface area contributed by atoms with Gasteiger partial charge in [-0.3, -0.25) is 4.79 Å². The third-order valence-electron chi connectivity index (χ3n) is 5.30. The molecule has 0 bridgehead atoms. The highest BCUT2D eigenvalue weighted by Gasteiger charge is 2.15. The molecule has 4 rings (SSSR count). The van der Waals surface area contributed by atoms with Crippen LogP contribution in [0, 0.1) is 19.7 Å². The molecule has 4 aromatic rings. The number of hydrogen-bond donors (Lipinski definition) is 3. The molecule has 3 N–H and O–H groups in total. The normalized spacial score (nSPS) is 11.5. The lowest BCUT2D eigenvalue weighted by Gasteiger charge is -2.08. The standard InChI is InChI=1S/C24H26FN3O2/c1-13(2)30-17-6-8-20-16(11-17)12-21(28-20)24(29)26-10-9-18-15(4)27-23-19(25)7-5-14(3)22(18)23/h5-8,11-13,27-28H,9-10H2,1-4H3,(H,26,29). The highest BCUT2D eigenvalue weighted by molar-refractivity contribution is 5.98. The molecule has 0 aliphatic heterocycles. The van der Waals surface area contributed by atoms with Crippen LogP contribution in [0.3, 0.4) is 0 Å². The minimum atomic E-state index is -0.257. The zero-order chi connectivity index (χ0) is 21.4. The number of hydrogen-bond acceptors (Lipinski definition) is 2. The van der Waals surface area contributed by atoms with Gasteiger partial charge in [0.1, 0.15) is 17.3 Å². The van der Waals surface area contributed by atoms with Gasteiger partial charge in [-0.1, -0.05) is 6.07 Å². The summed E-state index contributed by atoms with van der Waals surface area (Å²) >= 11 is 0. The zero-order valence-electron chi connectivity index (χ0n) is 17.7. The van der Waals surface area contributed by atoms with Gasteiger partial charge in [-0.2, -0.15) is 0 Å². The van der Waals surface area contributed by atoms with E-state index in [0.717, 1.165) is 38.9 Å². The molecule has 0 atom stereocenters. The highest BCUT2D eigenvalue weighted by Crippen LogP contribution is 2.28. The van der Waals surface area contributed by atoms with Crippen molar-refractivity contribution in [2.75, 3.05) is 6.54 Å². The number of rotatable bonds is 6. The van der Waals surface area contributed by atoms with E-state index in [1.165, 1.54) is 6.07 Å². The maximum atomic E-state index is 14.1. The molecule has 1 amide bonds. The van der Waals surface area contributed by atoms with E-state index in [2.05, 4.69) is 15.3 Å². The second kappa shape index (κ2) is 7.86. The molecule has 156 valence electrons. The third-order valence-corrected chi connectivity index (χ3v) is 5.30. The molecule has 2 heterocycles. The monoisotopic (exact) mass is 407 g/mol. The Morgan fingerprint density at radius 1 is 1.13 bits per heavy atom. The van der Waals surface area contributed by atoms with Crippen LogP contribution >= 0.6 is 0 Å². The van der Waals surface area contributed by atoms with Crippen LogP contribution in [0.2, 0.25) is 0 Å². The largest absolute Gasteiger partial charge is 0.491 e. The zero-order valence-corrected chi connectivity index (χ0v) is 17.7. The van der Waals surface area contributed by atoms with E-state index >= 15 is 0 Å². The number of carbonyl (C=O) groups is 1. The molecule has 0 saturated heterocycles. The number of benzene rings is 2. The number of carbonyl (C=O) groups excluding carboxylic acids is 1. The topological polar surface area (TPSA) is 69.9 Å². The van der Waals surface area contributed by atoms with Crippen molar-refractivity contribution in [2.45, 2.75) is 40.2 Å². The first-order valence-corrected chi connectivity index (χ1v) is 10.2. The van der Waals surface area contributed by atoms with E-state index in [1.54, 1.807) is 6.07 Å². The summed E-state index contributed by atoms with van der Waals surface area (Å²) in [5.41, 5.74) is 4.90. The Morgan fingerprint density at radius 3 is 2.70 bits per heavy atom. The van der Waals surface area contributed by atoms with E-state index < -0.39 is 0 Å². The van der Waals surface area contributed by atoms with Crippen LogP contribution in [-0.4, -0.2) is 28.5 Å². The molecule has 0 aliphatic rings. The predicted molar refractivity (Wildman–Crippen MR) is 118 cm³/mol. The van der Waals surface area contributed by atoms with Crippen LogP contribution in [0.15, 0.2) is 36.4 Å². The maximum absolute atomic E-state index is 14.1. The second-order valence-corrected chi connectivity index (χ2v) is 7.95. The summed E-state index contributed by atoms with van der Waals surface area (Å²) in [6.07, 6.45) is 0.711. The Balaban J connectivity index is 1.47. The summed E-state index contributed by atoms with van der Waals surface area (Å²) < 4.78 is 19.8. The first-order chi connectivity index (χ1) is 14.3. The second-order valence-electron chi connectivity index (χ2n) is 7.95. The lowest BCUT2D eigenvalue weighted by molar-refractivity contribution is 0.0950. The van der Waals surface area contributed by atoms with Gasteiger partial charge in [0.05, 0.1) is 11.6 Å². The Bertz CT molecular complexity index is 1240. The number of ether oxygens (including phenoxy) is 1. The average Bonchev–Trinajstić information content (AvgIpc) is 3.26. The van der Waals surface area contributed by atoms with Gasteiger partial charge >= 0.3 is 0 Å². The smallest absolute Gasteiger partial charge is 0.267 e. The Hall–Kier alpha value is -3.28. The van der Waals surface area contributed by atoms with Crippen molar-refractivity contribution in [2.24, 2.45) is 0 Å². The van der Waals surface area contributed by atoms with Crippen LogP contribution < -0.4 is 10.1 Å². The van der Waals surface area contributed by atoms with E-state index in [9.17, 15) is 9.18 Å². The summed E-state index contributed by atoms with van der Waals surface area (Å²) in [7, 11) is 0. The maximum Gasteiger partial charge on any atom is 0.267 e. The molecule has 0 aliphatic carbocycles. The number of fused-ring (bicyclic) bond motifs is 2. The van der Waals surface area contributed by atoms with Gasteiger partial charge in [0.25, 0.3) is 5.91 Å². The van der Waals surface area contributed by atoms with Crippen molar-refractivity contribution in [3.05, 3.63) is 64.7 Å². The lowest BCUT2D eigenvalue weighted by Crippen LogP contribution is -2.26. The lowest BCUT2D eigenvalue weighted by atomic mass is 10.0. The number of aromatic amines is 2. The first kappa shape index (κ1) is 20.0. The molecular weight excluding hydrogens is 381 g/mol. The quantitative estimate of drug-likeness (QED) is 0.413. The number of aromatic nitrogens is 2. The molecule has 0 saturated carbocycles. The van der Waals surface area contributed by atoms with E-state index in [1.807, 2.05) is 52.0 Å². The molecule has 2 aromatic heterocycles. The number of aryl methyl sites for hydroxylation is 2. The van der Waals surface area contributed by atoms with E-state index in [-0.39, 0.29) is 17.8 Å². The molecule has 6 heteroatoms. The van der Waals surface area contributed by atoms with Crippen molar-refractivity contribution in [1.29, 1.82) is 0 Å². The minimum absolute atomic E-state index is 0.0919. The van der Waals surface area contributed by atoms with Crippen LogP contribution in [0.4, 0.5) is 4.39 Å². The fraction of sp³-hybridized carbons (Fsp3) is 0.292. The Labute approximate surface area is 174 Å². The molecule has 0 fully saturated rings. The molecule has 5 nitrogen and oxygen atoms in total. The molecule has 0 radical (unpaired) electrons. The van der Waals surface area contributed by atoms with Crippen LogP contribution in [0.5, 0.6) is 5.75 Å². The predicted octanol–water partition coefficient (Wildman–Crippen LogP) is 5.16. The third kappa shape index (κ3) is 3.77. The van der Waals surface area contributed by atoms with Gasteiger partial charge in [-0.15, -0.1) is 0 Å². The fourth-order valence-corrected chi connectivity index (χ4v) is 3.93. The van der Waals surface area contributed by atoms with Crippen molar-refractivity contribution < 1.29 is 13.9 Å². The molecule has 0 unspecified atom stereocenters. The van der Waals surface area contributed by atoms with E-state index in [4.69, 9.17) is 4.74 Å². The molecule has 30 heavy (non-hydrogen) atoms. The van der Waals surface area contributed by atoms with Gasteiger partial charge in [0.15, 0.2) is 0 Å². The van der Waals surface area contributed by atoms with Crippen LogP contribution in [-0.2, 0) is 6.42 Å². The summed E-state index contributed by atoms with van der Waals surface area (Å²) in [4.78, 5) is 18.9. The van der Waals surface area contributed by atoms with Gasteiger partial charge in [0.2, 0.25) is 0 Å². The summed E-state index contributed by atoms with van der Waals surface area (Å²) in [6, 6.07) is 10.8. The fourth-order valence-electron chi connectivity index (χ4n) is 3.93. The summed E-state index contributed by atoms with van der Waals surface area (Å²) in [5, 5.41) is 4.80. The van der Waals surface area contributed by atoms with Gasteiger partial charge in [-0.25, -0.2) is 4.39 Å². The number of H-pyrrole nitrogens is 2. The SMILES string of the molecule is Cc1[nH]c2c(F)ccc(C)c2c1CCNC(=O)c1cc2cc(OC(C)C)ccc2[nH]1.